The molecule has 0 amide bonds. The van der Waals surface area contributed by atoms with Gasteiger partial charge in [0.15, 0.2) is 5.78 Å². The number of methoxy groups -OCH3 is 1. The van der Waals surface area contributed by atoms with Gasteiger partial charge in [0.2, 0.25) is 0 Å². The first-order valence-electron chi connectivity index (χ1n) is 7.55. The number of imidazole rings is 1. The van der Waals surface area contributed by atoms with Gasteiger partial charge in [0.1, 0.15) is 23.6 Å². The molecule has 2 heterocycles. The molecule has 1 aliphatic heterocycles. The lowest BCUT2D eigenvalue weighted by atomic mass is 9.93. The van der Waals surface area contributed by atoms with Gasteiger partial charge in [0, 0.05) is 18.5 Å². The smallest absolute Gasteiger partial charge is 0.193 e. The number of ketones is 1. The summed E-state index contributed by atoms with van der Waals surface area (Å²) in [6.45, 7) is 4.01. The summed E-state index contributed by atoms with van der Waals surface area (Å²) in [7, 11) is 1.64. The minimum absolute atomic E-state index is 0.0618. The number of carbonyl (C=O) groups excluding carboxylic acids is 1. The van der Waals surface area contributed by atoms with Gasteiger partial charge in [-0.1, -0.05) is 13.3 Å². The van der Waals surface area contributed by atoms with Gasteiger partial charge in [-0.3, -0.25) is 4.79 Å². The zero-order valence-corrected chi connectivity index (χ0v) is 13.1. The van der Waals surface area contributed by atoms with Crippen molar-refractivity contribution in [2.24, 2.45) is 0 Å². The third kappa shape index (κ3) is 2.36. The maximum Gasteiger partial charge on any atom is 0.193 e. The van der Waals surface area contributed by atoms with E-state index >= 15 is 0 Å². The first-order valence-corrected chi connectivity index (χ1v) is 7.55. The molecule has 0 saturated heterocycles. The number of hydrogen-bond acceptors (Lipinski definition) is 4. The summed E-state index contributed by atoms with van der Waals surface area (Å²) >= 11 is 0. The van der Waals surface area contributed by atoms with Crippen molar-refractivity contribution in [2.45, 2.75) is 38.8 Å². The SMILES string of the molecule is CCCc1cc2c(cc1OC)O[C@@H](C)[C@H](n1ccnc1)C2=O. The number of ether oxygens (including phenoxy) is 2. The highest BCUT2D eigenvalue weighted by atomic mass is 16.5. The summed E-state index contributed by atoms with van der Waals surface area (Å²) < 4.78 is 13.2. The summed E-state index contributed by atoms with van der Waals surface area (Å²) in [6.07, 6.45) is 6.73. The molecular formula is C17H20N2O3. The van der Waals surface area contributed by atoms with E-state index in [1.54, 1.807) is 30.4 Å². The number of nitrogens with zero attached hydrogens (tertiary/aromatic N) is 2. The molecule has 5 nitrogen and oxygen atoms in total. The highest BCUT2D eigenvalue weighted by Crippen LogP contribution is 2.38. The second kappa shape index (κ2) is 5.83. The van der Waals surface area contributed by atoms with Crippen molar-refractivity contribution in [1.82, 2.24) is 9.55 Å². The third-order valence-corrected chi connectivity index (χ3v) is 4.04. The molecule has 0 fully saturated rings. The van der Waals surface area contributed by atoms with Crippen LogP contribution in [0, 0.1) is 0 Å². The highest BCUT2D eigenvalue weighted by molar-refractivity contribution is 6.03. The molecule has 3 rings (SSSR count). The van der Waals surface area contributed by atoms with Crippen LogP contribution in [0.4, 0.5) is 0 Å². The average Bonchev–Trinajstić information content (AvgIpc) is 3.01. The summed E-state index contributed by atoms with van der Waals surface area (Å²) in [5, 5.41) is 0. The Morgan fingerprint density at radius 2 is 2.23 bits per heavy atom. The molecule has 0 unspecified atom stereocenters. The fraction of sp³-hybridized carbons (Fsp3) is 0.412. The molecule has 5 heteroatoms. The van der Waals surface area contributed by atoms with E-state index in [0.717, 1.165) is 24.2 Å². The van der Waals surface area contributed by atoms with Gasteiger partial charge in [-0.05, 0) is 25.0 Å². The predicted octanol–water partition coefficient (Wildman–Crippen LogP) is 3.05. The number of aryl methyl sites for hydroxylation is 1. The second-order valence-corrected chi connectivity index (χ2v) is 5.55. The van der Waals surface area contributed by atoms with Crippen LogP contribution < -0.4 is 9.47 Å². The van der Waals surface area contributed by atoms with E-state index in [4.69, 9.17) is 9.47 Å². The van der Waals surface area contributed by atoms with Crippen LogP contribution in [-0.4, -0.2) is 28.5 Å². The lowest BCUT2D eigenvalue weighted by Gasteiger charge is -2.31. The number of benzene rings is 1. The van der Waals surface area contributed by atoms with Crippen LogP contribution >= 0.6 is 0 Å². The van der Waals surface area contributed by atoms with Crippen molar-refractivity contribution in [2.75, 3.05) is 7.11 Å². The Morgan fingerprint density at radius 1 is 1.41 bits per heavy atom. The van der Waals surface area contributed by atoms with Gasteiger partial charge in [-0.2, -0.15) is 0 Å². The van der Waals surface area contributed by atoms with Crippen LogP contribution in [-0.2, 0) is 6.42 Å². The molecule has 0 saturated carbocycles. The monoisotopic (exact) mass is 300 g/mol. The third-order valence-electron chi connectivity index (χ3n) is 4.04. The molecular weight excluding hydrogens is 280 g/mol. The molecule has 0 bridgehead atoms. The van der Waals surface area contributed by atoms with Crippen LogP contribution in [0.5, 0.6) is 11.5 Å². The average molecular weight is 300 g/mol. The van der Waals surface area contributed by atoms with Crippen LogP contribution in [0.2, 0.25) is 0 Å². The number of rotatable bonds is 4. The van der Waals surface area contributed by atoms with Crippen molar-refractivity contribution in [3.63, 3.8) is 0 Å². The normalized spacial score (nSPS) is 20.4. The van der Waals surface area contributed by atoms with Crippen LogP contribution in [0.15, 0.2) is 30.9 Å². The zero-order valence-electron chi connectivity index (χ0n) is 13.1. The Morgan fingerprint density at radius 3 is 2.86 bits per heavy atom. The molecule has 2 aromatic rings. The Hall–Kier alpha value is -2.30. The molecule has 0 spiro atoms. The van der Waals surface area contributed by atoms with E-state index in [1.807, 2.05) is 19.1 Å². The number of fused-ring (bicyclic) bond motifs is 1. The molecule has 1 aromatic heterocycles. The van der Waals surface area contributed by atoms with Crippen LogP contribution in [0.25, 0.3) is 0 Å². The predicted molar refractivity (Wildman–Crippen MR) is 82.7 cm³/mol. The minimum Gasteiger partial charge on any atom is -0.496 e. The summed E-state index contributed by atoms with van der Waals surface area (Å²) in [5.74, 6) is 1.44. The van der Waals surface area contributed by atoms with E-state index in [1.165, 1.54) is 0 Å². The maximum absolute atomic E-state index is 12.9. The summed E-state index contributed by atoms with van der Waals surface area (Å²) in [5.41, 5.74) is 1.67. The molecule has 2 atom stereocenters. The van der Waals surface area contributed by atoms with E-state index in [9.17, 15) is 4.79 Å². The lowest BCUT2D eigenvalue weighted by molar-refractivity contribution is 0.0717. The van der Waals surface area contributed by atoms with Gasteiger partial charge >= 0.3 is 0 Å². The largest absolute Gasteiger partial charge is 0.496 e. The number of aromatic nitrogens is 2. The topological polar surface area (TPSA) is 53.4 Å². The van der Waals surface area contributed by atoms with Gasteiger partial charge in [-0.25, -0.2) is 4.98 Å². The quantitative estimate of drug-likeness (QED) is 0.871. The van der Waals surface area contributed by atoms with Crippen molar-refractivity contribution in [3.05, 3.63) is 42.0 Å². The molecule has 1 aliphatic rings. The Labute approximate surface area is 129 Å². The Bertz CT molecular complexity index is 679. The van der Waals surface area contributed by atoms with Crippen molar-refractivity contribution < 1.29 is 14.3 Å². The maximum atomic E-state index is 12.9. The molecule has 22 heavy (non-hydrogen) atoms. The molecule has 116 valence electrons. The van der Waals surface area contributed by atoms with E-state index < -0.39 is 0 Å². The first kappa shape index (κ1) is 14.6. The fourth-order valence-electron chi connectivity index (χ4n) is 3.00. The molecule has 0 radical (unpaired) electrons. The van der Waals surface area contributed by atoms with Crippen molar-refractivity contribution >= 4 is 5.78 Å². The van der Waals surface area contributed by atoms with Crippen LogP contribution in [0.1, 0.15) is 42.2 Å². The minimum atomic E-state index is -0.377. The van der Waals surface area contributed by atoms with Gasteiger partial charge < -0.3 is 14.0 Å². The van der Waals surface area contributed by atoms with E-state index in [2.05, 4.69) is 11.9 Å². The van der Waals surface area contributed by atoms with E-state index in [0.29, 0.717) is 11.3 Å². The number of Topliss-reactive ketones (excluding diaryl/α,β-unsaturated/α-hetero) is 1. The highest BCUT2D eigenvalue weighted by Gasteiger charge is 2.36. The summed E-state index contributed by atoms with van der Waals surface area (Å²) in [4.78, 5) is 16.9. The van der Waals surface area contributed by atoms with Crippen LogP contribution in [0.3, 0.4) is 0 Å². The van der Waals surface area contributed by atoms with Crippen molar-refractivity contribution in [1.29, 1.82) is 0 Å². The lowest BCUT2D eigenvalue weighted by Crippen LogP contribution is -2.37. The van der Waals surface area contributed by atoms with Crippen molar-refractivity contribution in [3.8, 4) is 11.5 Å². The van der Waals surface area contributed by atoms with Gasteiger partial charge in [-0.15, -0.1) is 0 Å². The molecule has 1 aromatic carbocycles. The summed E-state index contributed by atoms with van der Waals surface area (Å²) in [6, 6.07) is 3.37. The van der Waals surface area contributed by atoms with Gasteiger partial charge in [0.25, 0.3) is 0 Å². The fourth-order valence-corrected chi connectivity index (χ4v) is 3.00. The standard InChI is InChI=1S/C17H20N2O3/c1-4-5-12-8-13-15(9-14(12)21-3)22-11(2)16(17(13)20)19-7-6-18-10-19/h6-11,16H,4-5H2,1-3H3/t11-,16-/m0/s1. The molecule has 0 N–H and O–H groups in total. The Balaban J connectivity index is 2.05. The zero-order chi connectivity index (χ0) is 15.7. The number of hydrogen-bond donors (Lipinski definition) is 0. The van der Waals surface area contributed by atoms with E-state index in [-0.39, 0.29) is 17.9 Å². The molecule has 0 aliphatic carbocycles. The number of carbonyl (C=O) groups is 1. The Kier molecular flexibility index (Phi) is 3.88. The first-order chi connectivity index (χ1) is 10.7. The second-order valence-electron chi connectivity index (χ2n) is 5.55. The van der Waals surface area contributed by atoms with Gasteiger partial charge in [0.05, 0.1) is 19.0 Å².